The SMILES string of the molecule is CCNc1nccc(OCc2cccc(Br)c2)n1. The van der Waals surface area contributed by atoms with Crippen molar-refractivity contribution in [2.45, 2.75) is 13.5 Å². The number of nitrogens with zero attached hydrogens (tertiary/aromatic N) is 2. The molecule has 0 radical (unpaired) electrons. The zero-order valence-corrected chi connectivity index (χ0v) is 11.6. The summed E-state index contributed by atoms with van der Waals surface area (Å²) in [6.07, 6.45) is 1.68. The summed E-state index contributed by atoms with van der Waals surface area (Å²) < 4.78 is 6.66. The first-order chi connectivity index (χ1) is 8.78. The molecule has 1 aromatic heterocycles. The number of aromatic nitrogens is 2. The van der Waals surface area contributed by atoms with Crippen molar-refractivity contribution < 1.29 is 4.74 Å². The molecule has 0 unspecified atom stereocenters. The van der Waals surface area contributed by atoms with Crippen LogP contribution in [0.1, 0.15) is 12.5 Å². The Morgan fingerprint density at radius 1 is 1.33 bits per heavy atom. The predicted molar refractivity (Wildman–Crippen MR) is 74.7 cm³/mol. The van der Waals surface area contributed by atoms with Gasteiger partial charge in [-0.05, 0) is 24.6 Å². The second kappa shape index (κ2) is 6.35. The third-order valence-corrected chi connectivity index (χ3v) is 2.73. The Bertz CT molecular complexity index is 519. The van der Waals surface area contributed by atoms with E-state index >= 15 is 0 Å². The summed E-state index contributed by atoms with van der Waals surface area (Å²) in [5.41, 5.74) is 1.09. The normalized spacial score (nSPS) is 10.1. The van der Waals surface area contributed by atoms with Crippen molar-refractivity contribution in [1.82, 2.24) is 9.97 Å². The number of ether oxygens (including phenoxy) is 1. The van der Waals surface area contributed by atoms with Crippen LogP contribution in [0.25, 0.3) is 0 Å². The molecule has 5 heteroatoms. The van der Waals surface area contributed by atoms with Crippen LogP contribution < -0.4 is 10.1 Å². The van der Waals surface area contributed by atoms with Gasteiger partial charge in [-0.1, -0.05) is 28.1 Å². The summed E-state index contributed by atoms with van der Waals surface area (Å²) in [4.78, 5) is 8.33. The monoisotopic (exact) mass is 307 g/mol. The molecule has 0 saturated heterocycles. The Morgan fingerprint density at radius 3 is 3.00 bits per heavy atom. The maximum absolute atomic E-state index is 5.62. The lowest BCUT2D eigenvalue weighted by atomic mass is 10.2. The van der Waals surface area contributed by atoms with Crippen LogP contribution in [0, 0.1) is 0 Å². The molecule has 1 N–H and O–H groups in total. The third-order valence-electron chi connectivity index (χ3n) is 2.24. The summed E-state index contributed by atoms with van der Waals surface area (Å²) in [6, 6.07) is 9.74. The Labute approximate surface area is 115 Å². The van der Waals surface area contributed by atoms with E-state index in [0.29, 0.717) is 18.4 Å². The number of benzene rings is 1. The number of halogens is 1. The van der Waals surface area contributed by atoms with E-state index in [9.17, 15) is 0 Å². The van der Waals surface area contributed by atoms with E-state index in [1.54, 1.807) is 12.3 Å². The largest absolute Gasteiger partial charge is 0.473 e. The maximum Gasteiger partial charge on any atom is 0.225 e. The molecule has 0 atom stereocenters. The highest BCUT2D eigenvalue weighted by atomic mass is 79.9. The second-order valence-electron chi connectivity index (χ2n) is 3.67. The first kappa shape index (κ1) is 12.8. The van der Waals surface area contributed by atoms with E-state index in [-0.39, 0.29) is 0 Å². The summed E-state index contributed by atoms with van der Waals surface area (Å²) in [5, 5.41) is 3.05. The van der Waals surface area contributed by atoms with Crippen molar-refractivity contribution in [3.05, 3.63) is 46.6 Å². The standard InChI is InChI=1S/C13H14BrN3O/c1-2-15-13-16-7-6-12(17-13)18-9-10-4-3-5-11(14)8-10/h3-8H,2,9H2,1H3,(H,15,16,17). The van der Waals surface area contributed by atoms with Gasteiger partial charge in [-0.15, -0.1) is 0 Å². The number of nitrogens with one attached hydrogen (secondary N) is 1. The fourth-order valence-electron chi connectivity index (χ4n) is 1.45. The average molecular weight is 308 g/mol. The molecule has 1 heterocycles. The Balaban J connectivity index is 1.99. The first-order valence-electron chi connectivity index (χ1n) is 5.72. The summed E-state index contributed by atoms with van der Waals surface area (Å²) >= 11 is 3.43. The van der Waals surface area contributed by atoms with Gasteiger partial charge in [-0.25, -0.2) is 4.98 Å². The minimum Gasteiger partial charge on any atom is -0.473 e. The van der Waals surface area contributed by atoms with Gasteiger partial charge in [0, 0.05) is 23.3 Å². The third kappa shape index (κ3) is 3.70. The molecule has 0 spiro atoms. The fourth-order valence-corrected chi connectivity index (χ4v) is 1.90. The van der Waals surface area contributed by atoms with Crippen LogP contribution in [-0.2, 0) is 6.61 Å². The van der Waals surface area contributed by atoms with Crippen molar-refractivity contribution in [1.29, 1.82) is 0 Å². The Morgan fingerprint density at radius 2 is 2.22 bits per heavy atom. The molecular weight excluding hydrogens is 294 g/mol. The van der Waals surface area contributed by atoms with Gasteiger partial charge in [0.15, 0.2) is 0 Å². The van der Waals surface area contributed by atoms with Crippen molar-refractivity contribution in [3.63, 3.8) is 0 Å². The quantitative estimate of drug-likeness (QED) is 0.921. The van der Waals surface area contributed by atoms with Gasteiger partial charge in [0.1, 0.15) is 6.61 Å². The van der Waals surface area contributed by atoms with E-state index in [1.807, 2.05) is 31.2 Å². The summed E-state index contributed by atoms with van der Waals surface area (Å²) in [5.74, 6) is 1.16. The number of anilines is 1. The fraction of sp³-hybridized carbons (Fsp3) is 0.231. The molecule has 18 heavy (non-hydrogen) atoms. The molecule has 4 nitrogen and oxygen atoms in total. The van der Waals surface area contributed by atoms with Crippen molar-refractivity contribution >= 4 is 21.9 Å². The second-order valence-corrected chi connectivity index (χ2v) is 4.58. The molecule has 0 aliphatic heterocycles. The predicted octanol–water partition coefficient (Wildman–Crippen LogP) is 3.25. The van der Waals surface area contributed by atoms with E-state index in [1.165, 1.54) is 0 Å². The smallest absolute Gasteiger partial charge is 0.225 e. The zero-order valence-electron chi connectivity index (χ0n) is 10.1. The molecule has 0 aliphatic rings. The summed E-state index contributed by atoms with van der Waals surface area (Å²) in [7, 11) is 0. The molecular formula is C13H14BrN3O. The van der Waals surface area contributed by atoms with Gasteiger partial charge >= 0.3 is 0 Å². The molecule has 0 fully saturated rings. The van der Waals surface area contributed by atoms with Gasteiger partial charge in [-0.3, -0.25) is 0 Å². The highest BCUT2D eigenvalue weighted by molar-refractivity contribution is 9.10. The van der Waals surface area contributed by atoms with E-state index in [2.05, 4.69) is 31.2 Å². The van der Waals surface area contributed by atoms with Crippen LogP contribution in [0.5, 0.6) is 5.88 Å². The molecule has 2 rings (SSSR count). The molecule has 2 aromatic rings. The van der Waals surface area contributed by atoms with Crippen LogP contribution in [0.4, 0.5) is 5.95 Å². The number of hydrogen-bond acceptors (Lipinski definition) is 4. The van der Waals surface area contributed by atoms with Gasteiger partial charge in [0.25, 0.3) is 0 Å². The van der Waals surface area contributed by atoms with Gasteiger partial charge in [0.2, 0.25) is 11.8 Å². The Kier molecular flexibility index (Phi) is 4.52. The number of rotatable bonds is 5. The van der Waals surface area contributed by atoms with E-state index in [0.717, 1.165) is 16.6 Å². The van der Waals surface area contributed by atoms with Crippen LogP contribution >= 0.6 is 15.9 Å². The minimum absolute atomic E-state index is 0.488. The maximum atomic E-state index is 5.62. The molecule has 0 aliphatic carbocycles. The zero-order chi connectivity index (χ0) is 12.8. The first-order valence-corrected chi connectivity index (χ1v) is 6.51. The van der Waals surface area contributed by atoms with Crippen LogP contribution in [0.3, 0.4) is 0 Å². The Hall–Kier alpha value is -1.62. The van der Waals surface area contributed by atoms with Crippen LogP contribution in [-0.4, -0.2) is 16.5 Å². The lowest BCUT2D eigenvalue weighted by molar-refractivity contribution is 0.293. The highest BCUT2D eigenvalue weighted by Crippen LogP contribution is 2.14. The van der Waals surface area contributed by atoms with E-state index in [4.69, 9.17) is 4.74 Å². The van der Waals surface area contributed by atoms with Crippen LogP contribution in [0.2, 0.25) is 0 Å². The molecule has 1 aromatic carbocycles. The van der Waals surface area contributed by atoms with Gasteiger partial charge in [0.05, 0.1) is 0 Å². The van der Waals surface area contributed by atoms with E-state index < -0.39 is 0 Å². The minimum atomic E-state index is 0.488. The van der Waals surface area contributed by atoms with Crippen LogP contribution in [0.15, 0.2) is 41.0 Å². The summed E-state index contributed by atoms with van der Waals surface area (Å²) in [6.45, 7) is 3.27. The van der Waals surface area contributed by atoms with Crippen molar-refractivity contribution in [2.24, 2.45) is 0 Å². The van der Waals surface area contributed by atoms with Gasteiger partial charge < -0.3 is 10.1 Å². The average Bonchev–Trinajstić information content (AvgIpc) is 2.37. The van der Waals surface area contributed by atoms with Crippen molar-refractivity contribution in [3.8, 4) is 5.88 Å². The molecule has 94 valence electrons. The lowest BCUT2D eigenvalue weighted by Gasteiger charge is -2.07. The number of hydrogen-bond donors (Lipinski definition) is 1. The molecule has 0 amide bonds. The highest BCUT2D eigenvalue weighted by Gasteiger charge is 2.00. The topological polar surface area (TPSA) is 47.0 Å². The van der Waals surface area contributed by atoms with Gasteiger partial charge in [-0.2, -0.15) is 4.98 Å². The van der Waals surface area contributed by atoms with Crippen molar-refractivity contribution in [2.75, 3.05) is 11.9 Å². The molecule has 0 bridgehead atoms. The molecule has 0 saturated carbocycles. The lowest BCUT2D eigenvalue weighted by Crippen LogP contribution is -2.04.